The molecule has 0 saturated heterocycles. The van der Waals surface area contributed by atoms with Crippen molar-refractivity contribution in [2.75, 3.05) is 0 Å². The second-order valence-corrected chi connectivity index (χ2v) is 4.79. The van der Waals surface area contributed by atoms with E-state index in [1.54, 1.807) is 10.9 Å². The molecule has 0 atom stereocenters. The number of thiocarbonyl (C=S) groups is 1. The zero-order chi connectivity index (χ0) is 11.7. The van der Waals surface area contributed by atoms with Crippen molar-refractivity contribution < 1.29 is 0 Å². The summed E-state index contributed by atoms with van der Waals surface area (Å²) in [7, 11) is 0. The molecule has 0 aliphatic heterocycles. The highest BCUT2D eigenvalue weighted by atomic mass is 79.9. The van der Waals surface area contributed by atoms with Crippen molar-refractivity contribution in [2.24, 2.45) is 5.73 Å². The van der Waals surface area contributed by atoms with E-state index in [0.29, 0.717) is 4.99 Å². The van der Waals surface area contributed by atoms with Crippen molar-refractivity contribution in [3.63, 3.8) is 0 Å². The summed E-state index contributed by atoms with van der Waals surface area (Å²) in [5.41, 5.74) is 8.56. The molecule has 0 aliphatic carbocycles. The van der Waals surface area contributed by atoms with Crippen molar-refractivity contribution in [1.29, 1.82) is 0 Å². The molecular formula is C11H10BrN3S. The van der Waals surface area contributed by atoms with E-state index in [4.69, 9.17) is 18.0 Å². The lowest BCUT2D eigenvalue weighted by atomic mass is 10.1. The van der Waals surface area contributed by atoms with Gasteiger partial charge in [-0.15, -0.1) is 0 Å². The number of benzene rings is 1. The highest BCUT2D eigenvalue weighted by Crippen LogP contribution is 2.20. The first-order chi connectivity index (χ1) is 7.59. The van der Waals surface area contributed by atoms with Gasteiger partial charge >= 0.3 is 0 Å². The second kappa shape index (κ2) is 4.35. The van der Waals surface area contributed by atoms with Gasteiger partial charge in [0.05, 0.1) is 16.4 Å². The maximum absolute atomic E-state index is 5.71. The summed E-state index contributed by atoms with van der Waals surface area (Å²) in [6.45, 7) is 2.01. The van der Waals surface area contributed by atoms with Gasteiger partial charge in [-0.2, -0.15) is 5.10 Å². The van der Waals surface area contributed by atoms with Gasteiger partial charge in [0.25, 0.3) is 0 Å². The highest BCUT2D eigenvalue weighted by Gasteiger charge is 2.10. The Morgan fingerprint density at radius 2 is 2.25 bits per heavy atom. The third-order valence-corrected chi connectivity index (χ3v) is 2.91. The molecule has 2 aromatic rings. The largest absolute Gasteiger partial charge is 0.389 e. The third kappa shape index (κ3) is 2.01. The maximum atomic E-state index is 5.71. The number of nitrogens with zero attached hydrogens (tertiary/aromatic N) is 2. The van der Waals surface area contributed by atoms with Gasteiger partial charge in [0.1, 0.15) is 4.99 Å². The van der Waals surface area contributed by atoms with Crippen LogP contribution in [0, 0.1) is 6.92 Å². The third-order valence-electron chi connectivity index (χ3n) is 2.28. The first-order valence-electron chi connectivity index (χ1n) is 4.69. The van der Waals surface area contributed by atoms with E-state index in [9.17, 15) is 0 Å². The van der Waals surface area contributed by atoms with E-state index in [2.05, 4.69) is 21.0 Å². The number of halogens is 1. The van der Waals surface area contributed by atoms with Crippen LogP contribution < -0.4 is 5.73 Å². The molecule has 0 amide bonds. The summed E-state index contributed by atoms with van der Waals surface area (Å²) in [5, 5.41) is 4.24. The van der Waals surface area contributed by atoms with Gasteiger partial charge in [-0.3, -0.25) is 0 Å². The minimum absolute atomic E-state index is 0.380. The van der Waals surface area contributed by atoms with Crippen LogP contribution in [0.1, 0.15) is 11.1 Å². The van der Waals surface area contributed by atoms with Crippen LogP contribution in [0.4, 0.5) is 0 Å². The van der Waals surface area contributed by atoms with Crippen LogP contribution in [0.5, 0.6) is 0 Å². The number of hydrogen-bond donors (Lipinski definition) is 1. The lowest BCUT2D eigenvalue weighted by Gasteiger charge is -2.11. The van der Waals surface area contributed by atoms with Crippen molar-refractivity contribution in [3.8, 4) is 5.69 Å². The monoisotopic (exact) mass is 295 g/mol. The molecule has 1 aromatic carbocycles. The van der Waals surface area contributed by atoms with Crippen LogP contribution in [0.2, 0.25) is 0 Å². The summed E-state index contributed by atoms with van der Waals surface area (Å²) in [5.74, 6) is 0. The standard InChI is InChI=1S/C11H10BrN3S/c1-7-3-2-4-9(11(13)16)10(7)15-6-8(12)5-14-15/h2-6H,1H3,(H2,13,16). The van der Waals surface area contributed by atoms with Crippen LogP contribution in [0.25, 0.3) is 5.69 Å². The molecule has 0 saturated carbocycles. The Labute approximate surface area is 107 Å². The molecule has 0 bridgehead atoms. The molecule has 1 heterocycles. The molecule has 2 N–H and O–H groups in total. The van der Waals surface area contributed by atoms with Crippen molar-refractivity contribution in [3.05, 3.63) is 46.2 Å². The van der Waals surface area contributed by atoms with Crippen LogP contribution in [-0.4, -0.2) is 14.8 Å². The molecule has 0 spiro atoms. The van der Waals surface area contributed by atoms with Crippen LogP contribution in [0.3, 0.4) is 0 Å². The predicted octanol–water partition coefficient (Wildman–Crippen LogP) is 2.58. The summed E-state index contributed by atoms with van der Waals surface area (Å²) in [6.07, 6.45) is 3.61. The van der Waals surface area contributed by atoms with E-state index in [0.717, 1.165) is 21.3 Å². The Bertz CT molecular complexity index is 548. The SMILES string of the molecule is Cc1cccc(C(N)=S)c1-n1cc(Br)cn1. The second-order valence-electron chi connectivity index (χ2n) is 3.44. The average molecular weight is 296 g/mol. The molecular weight excluding hydrogens is 286 g/mol. The van der Waals surface area contributed by atoms with E-state index in [1.165, 1.54) is 0 Å². The Kier molecular flexibility index (Phi) is 3.07. The first-order valence-corrected chi connectivity index (χ1v) is 5.89. The molecule has 0 unspecified atom stereocenters. The topological polar surface area (TPSA) is 43.8 Å². The Hall–Kier alpha value is -1.20. The molecule has 16 heavy (non-hydrogen) atoms. The predicted molar refractivity (Wildman–Crippen MR) is 71.9 cm³/mol. The van der Waals surface area contributed by atoms with Crippen molar-refractivity contribution >= 4 is 33.1 Å². The maximum Gasteiger partial charge on any atom is 0.106 e. The number of rotatable bonds is 2. The zero-order valence-corrected chi connectivity index (χ0v) is 11.0. The van der Waals surface area contributed by atoms with Crippen molar-refractivity contribution in [1.82, 2.24) is 9.78 Å². The Balaban J connectivity index is 2.67. The Morgan fingerprint density at radius 3 is 2.81 bits per heavy atom. The lowest BCUT2D eigenvalue weighted by molar-refractivity contribution is 0.870. The smallest absolute Gasteiger partial charge is 0.106 e. The van der Waals surface area contributed by atoms with Crippen LogP contribution in [0.15, 0.2) is 35.1 Å². The number of aryl methyl sites for hydroxylation is 1. The average Bonchev–Trinajstić information content (AvgIpc) is 2.64. The molecule has 0 aliphatic rings. The van der Waals surface area contributed by atoms with Gasteiger partial charge in [0.15, 0.2) is 0 Å². The van der Waals surface area contributed by atoms with Gasteiger partial charge in [-0.05, 0) is 34.5 Å². The summed E-state index contributed by atoms with van der Waals surface area (Å²) in [4.78, 5) is 0.380. The number of nitrogens with two attached hydrogens (primary N) is 1. The molecule has 1 aromatic heterocycles. The zero-order valence-electron chi connectivity index (χ0n) is 8.64. The molecule has 5 heteroatoms. The van der Waals surface area contributed by atoms with E-state index in [1.807, 2.05) is 31.3 Å². The minimum Gasteiger partial charge on any atom is -0.389 e. The molecule has 3 nitrogen and oxygen atoms in total. The summed E-state index contributed by atoms with van der Waals surface area (Å²) >= 11 is 8.41. The van der Waals surface area contributed by atoms with E-state index >= 15 is 0 Å². The van der Waals surface area contributed by atoms with Gasteiger partial charge in [0.2, 0.25) is 0 Å². The highest BCUT2D eigenvalue weighted by molar-refractivity contribution is 9.10. The fraction of sp³-hybridized carbons (Fsp3) is 0.0909. The van der Waals surface area contributed by atoms with Crippen LogP contribution >= 0.6 is 28.1 Å². The first kappa shape index (κ1) is 11.3. The quantitative estimate of drug-likeness (QED) is 0.866. The van der Waals surface area contributed by atoms with Crippen molar-refractivity contribution in [2.45, 2.75) is 6.92 Å². The van der Waals surface area contributed by atoms with Gasteiger partial charge in [-0.25, -0.2) is 4.68 Å². The van der Waals surface area contributed by atoms with Gasteiger partial charge in [0, 0.05) is 11.8 Å². The van der Waals surface area contributed by atoms with Crippen LogP contribution in [-0.2, 0) is 0 Å². The van der Waals surface area contributed by atoms with Gasteiger partial charge in [-0.1, -0.05) is 24.4 Å². The van der Waals surface area contributed by atoms with E-state index < -0.39 is 0 Å². The van der Waals surface area contributed by atoms with E-state index in [-0.39, 0.29) is 0 Å². The number of para-hydroxylation sites is 1. The molecule has 82 valence electrons. The Morgan fingerprint density at radius 1 is 1.50 bits per heavy atom. The fourth-order valence-electron chi connectivity index (χ4n) is 1.59. The number of aromatic nitrogens is 2. The summed E-state index contributed by atoms with van der Waals surface area (Å²) in [6, 6.07) is 5.85. The lowest BCUT2D eigenvalue weighted by Crippen LogP contribution is -2.14. The van der Waals surface area contributed by atoms with Gasteiger partial charge < -0.3 is 5.73 Å². The normalized spacial score (nSPS) is 10.4. The minimum atomic E-state index is 0.380. The molecule has 0 radical (unpaired) electrons. The summed E-state index contributed by atoms with van der Waals surface area (Å²) < 4.78 is 2.69. The molecule has 0 fully saturated rings. The number of hydrogen-bond acceptors (Lipinski definition) is 2. The molecule has 2 rings (SSSR count). The fourth-order valence-corrected chi connectivity index (χ4v) is 2.04.